The highest BCUT2D eigenvalue weighted by Gasteiger charge is 2.04. The first-order chi connectivity index (χ1) is 7.77. The van der Waals surface area contributed by atoms with Gasteiger partial charge in [0.1, 0.15) is 0 Å². The minimum Gasteiger partial charge on any atom is -0.258 e. The first-order valence-electron chi connectivity index (χ1n) is 4.88. The zero-order valence-electron chi connectivity index (χ0n) is 9.07. The van der Waals surface area contributed by atoms with Gasteiger partial charge in [-0.25, -0.2) is 0 Å². The molecule has 0 atom stereocenters. The first kappa shape index (κ1) is 11.8. The number of rotatable bonds is 2. The van der Waals surface area contributed by atoms with Crippen LogP contribution in [0.2, 0.25) is 0 Å². The van der Waals surface area contributed by atoms with Gasteiger partial charge in [-0.3, -0.25) is 10.1 Å². The van der Waals surface area contributed by atoms with E-state index in [-0.39, 0.29) is 5.69 Å². The van der Waals surface area contributed by atoms with Crippen molar-refractivity contribution in [1.29, 1.82) is 0 Å². The first-order valence-corrected chi connectivity index (χ1v) is 4.88. The predicted octanol–water partition coefficient (Wildman–Crippen LogP) is 2.20. The van der Waals surface area contributed by atoms with Crippen LogP contribution in [0.25, 0.3) is 5.69 Å². The van der Waals surface area contributed by atoms with Gasteiger partial charge in [0.2, 0.25) is 0 Å². The van der Waals surface area contributed by atoms with E-state index in [1.165, 1.54) is 16.9 Å². The predicted molar refractivity (Wildman–Crippen MR) is 59.4 cm³/mol. The van der Waals surface area contributed by atoms with Gasteiger partial charge in [-0.1, -0.05) is 13.8 Å². The topological polar surface area (TPSA) is 73.8 Å². The lowest BCUT2D eigenvalue weighted by atomic mass is 10.3. The summed E-state index contributed by atoms with van der Waals surface area (Å²) in [7, 11) is 0. The third-order valence-electron chi connectivity index (χ3n) is 1.71. The Morgan fingerprint density at radius 3 is 2.06 bits per heavy atom. The average Bonchev–Trinajstić information content (AvgIpc) is 2.85. The van der Waals surface area contributed by atoms with Crippen LogP contribution in [0.4, 0.5) is 5.69 Å². The summed E-state index contributed by atoms with van der Waals surface area (Å²) in [5.41, 5.74) is 0.751. The maximum Gasteiger partial charge on any atom is 0.269 e. The molecule has 16 heavy (non-hydrogen) atoms. The molecule has 84 valence electrons. The lowest BCUT2D eigenvalue weighted by Gasteiger charge is -1.97. The van der Waals surface area contributed by atoms with Crippen LogP contribution >= 0.6 is 0 Å². The number of nitro groups is 1. The average molecular weight is 220 g/mol. The second-order valence-corrected chi connectivity index (χ2v) is 2.59. The van der Waals surface area contributed by atoms with Gasteiger partial charge in [0.15, 0.2) is 0 Å². The maximum atomic E-state index is 10.4. The molecule has 0 saturated carbocycles. The van der Waals surface area contributed by atoms with Crippen LogP contribution in [0.3, 0.4) is 0 Å². The van der Waals surface area contributed by atoms with Crippen molar-refractivity contribution in [2.45, 2.75) is 13.8 Å². The second kappa shape index (κ2) is 5.59. The summed E-state index contributed by atoms with van der Waals surface area (Å²) in [4.78, 5) is 11.3. The number of aromatic nitrogens is 3. The van der Waals surface area contributed by atoms with Crippen LogP contribution in [0.15, 0.2) is 36.7 Å². The Hall–Kier alpha value is -2.24. The fraction of sp³-hybridized carbons (Fsp3) is 0.200. The molecule has 0 aliphatic carbocycles. The van der Waals surface area contributed by atoms with Crippen LogP contribution in [0, 0.1) is 10.1 Å². The fourth-order valence-corrected chi connectivity index (χ4v) is 1.06. The summed E-state index contributed by atoms with van der Waals surface area (Å²) < 4.78 is 0. The molecule has 1 aromatic heterocycles. The molecule has 0 unspecified atom stereocenters. The van der Waals surface area contributed by atoms with Gasteiger partial charge in [-0.05, 0) is 12.1 Å². The molecule has 2 rings (SSSR count). The van der Waals surface area contributed by atoms with E-state index in [9.17, 15) is 10.1 Å². The van der Waals surface area contributed by atoms with Crippen LogP contribution in [0.1, 0.15) is 13.8 Å². The number of non-ortho nitro benzene ring substituents is 1. The van der Waals surface area contributed by atoms with Crippen LogP contribution in [-0.2, 0) is 0 Å². The number of nitro benzene ring substituents is 1. The molecule has 6 heteroatoms. The summed E-state index contributed by atoms with van der Waals surface area (Å²) in [6, 6.07) is 6.02. The van der Waals surface area contributed by atoms with Crippen LogP contribution in [-0.4, -0.2) is 19.9 Å². The van der Waals surface area contributed by atoms with E-state index in [4.69, 9.17) is 0 Å². The van der Waals surface area contributed by atoms with E-state index >= 15 is 0 Å². The second-order valence-electron chi connectivity index (χ2n) is 2.59. The quantitative estimate of drug-likeness (QED) is 0.574. The van der Waals surface area contributed by atoms with Crippen molar-refractivity contribution >= 4 is 5.69 Å². The molecule has 1 heterocycles. The zero-order valence-corrected chi connectivity index (χ0v) is 9.07. The standard InChI is InChI=1S/C8H6N4O2.C2H6/c13-12(14)8-3-1-7(2-4-8)11-9-5-6-10-11;1-2/h1-6H;1-2H3. The van der Waals surface area contributed by atoms with E-state index in [1.54, 1.807) is 24.5 Å². The summed E-state index contributed by atoms with van der Waals surface area (Å²) in [5.74, 6) is 0. The Bertz CT molecular complexity index is 436. The van der Waals surface area contributed by atoms with Gasteiger partial charge < -0.3 is 0 Å². The SMILES string of the molecule is CC.O=[N+]([O-])c1ccc(-n2nccn2)cc1. The molecule has 0 N–H and O–H groups in total. The molecule has 6 nitrogen and oxygen atoms in total. The molecule has 0 radical (unpaired) electrons. The lowest BCUT2D eigenvalue weighted by Crippen LogP contribution is -1.98. The maximum absolute atomic E-state index is 10.4. The molecule has 0 saturated heterocycles. The van der Waals surface area contributed by atoms with Crippen molar-refractivity contribution in [1.82, 2.24) is 15.0 Å². The highest BCUT2D eigenvalue weighted by Crippen LogP contribution is 2.13. The largest absolute Gasteiger partial charge is 0.269 e. The van der Waals surface area contributed by atoms with Gasteiger partial charge in [-0.15, -0.1) is 0 Å². The number of nitrogens with zero attached hydrogens (tertiary/aromatic N) is 4. The number of hydrogen-bond donors (Lipinski definition) is 0. The Labute approximate surface area is 92.7 Å². The van der Waals surface area contributed by atoms with Gasteiger partial charge in [-0.2, -0.15) is 15.0 Å². The molecular formula is C10H12N4O2. The summed E-state index contributed by atoms with van der Waals surface area (Å²) >= 11 is 0. The summed E-state index contributed by atoms with van der Waals surface area (Å²) in [6.45, 7) is 4.00. The monoisotopic (exact) mass is 220 g/mol. The summed E-state index contributed by atoms with van der Waals surface area (Å²) in [6.07, 6.45) is 3.09. The van der Waals surface area contributed by atoms with E-state index < -0.39 is 4.92 Å². The van der Waals surface area contributed by atoms with E-state index in [1.807, 2.05) is 13.8 Å². The Morgan fingerprint density at radius 2 is 1.62 bits per heavy atom. The third-order valence-corrected chi connectivity index (χ3v) is 1.71. The lowest BCUT2D eigenvalue weighted by molar-refractivity contribution is -0.384. The van der Waals surface area contributed by atoms with Gasteiger partial charge in [0, 0.05) is 12.1 Å². The van der Waals surface area contributed by atoms with E-state index in [0.29, 0.717) is 5.69 Å². The summed E-state index contributed by atoms with van der Waals surface area (Å²) in [5, 5.41) is 18.2. The minimum atomic E-state index is -0.444. The van der Waals surface area contributed by atoms with E-state index in [2.05, 4.69) is 10.2 Å². The number of benzene rings is 1. The molecule has 0 amide bonds. The van der Waals surface area contributed by atoms with Crippen molar-refractivity contribution < 1.29 is 4.92 Å². The minimum absolute atomic E-state index is 0.0564. The fourth-order valence-electron chi connectivity index (χ4n) is 1.06. The van der Waals surface area contributed by atoms with Crippen molar-refractivity contribution in [2.24, 2.45) is 0 Å². The van der Waals surface area contributed by atoms with Gasteiger partial charge in [0.05, 0.1) is 23.0 Å². The van der Waals surface area contributed by atoms with Gasteiger partial charge >= 0.3 is 0 Å². The van der Waals surface area contributed by atoms with Crippen molar-refractivity contribution in [2.75, 3.05) is 0 Å². The van der Waals surface area contributed by atoms with Crippen molar-refractivity contribution in [3.63, 3.8) is 0 Å². The molecule has 0 fully saturated rings. The normalized spacial score (nSPS) is 9.12. The Morgan fingerprint density at radius 1 is 1.12 bits per heavy atom. The molecule has 2 aromatic rings. The highest BCUT2D eigenvalue weighted by molar-refractivity contribution is 5.39. The van der Waals surface area contributed by atoms with Crippen LogP contribution < -0.4 is 0 Å². The molecule has 0 bridgehead atoms. The van der Waals surface area contributed by atoms with Gasteiger partial charge in [0.25, 0.3) is 5.69 Å². The Kier molecular flexibility index (Phi) is 4.14. The third kappa shape index (κ3) is 2.63. The molecule has 1 aromatic carbocycles. The Balaban J connectivity index is 0.000000606. The molecular weight excluding hydrogens is 208 g/mol. The highest BCUT2D eigenvalue weighted by atomic mass is 16.6. The molecule has 0 spiro atoms. The molecule has 0 aliphatic rings. The zero-order chi connectivity index (χ0) is 12.0. The van der Waals surface area contributed by atoms with Crippen molar-refractivity contribution in [3.05, 3.63) is 46.8 Å². The van der Waals surface area contributed by atoms with Crippen molar-refractivity contribution in [3.8, 4) is 5.69 Å². The van der Waals surface area contributed by atoms with E-state index in [0.717, 1.165) is 0 Å². The van der Waals surface area contributed by atoms with Crippen LogP contribution in [0.5, 0.6) is 0 Å². The number of hydrogen-bond acceptors (Lipinski definition) is 4. The smallest absolute Gasteiger partial charge is 0.258 e. The molecule has 0 aliphatic heterocycles.